The number of aliphatic carboxylic acids is 1. The van der Waals surface area contributed by atoms with Gasteiger partial charge in [-0.05, 0) is 118 Å². The predicted molar refractivity (Wildman–Crippen MR) is 166 cm³/mol. The third-order valence-electron chi connectivity index (χ3n) is 7.22. The third kappa shape index (κ3) is 9.88. The topological polar surface area (TPSA) is 72.9 Å². The number of halogens is 1. The summed E-state index contributed by atoms with van der Waals surface area (Å²) in [4.78, 5) is 29.3. The van der Waals surface area contributed by atoms with Gasteiger partial charge in [-0.1, -0.05) is 41.9 Å². The van der Waals surface area contributed by atoms with Crippen LogP contribution in [0.15, 0.2) is 83.8 Å². The molecule has 0 bridgehead atoms. The number of rotatable bonds is 13. The number of hydrogen-bond donors (Lipinski definition) is 2. The lowest BCUT2D eigenvalue weighted by atomic mass is 9.90. The third-order valence-corrected chi connectivity index (χ3v) is 8.57. The van der Waals surface area contributed by atoms with Crippen molar-refractivity contribution in [2.45, 2.75) is 43.4 Å². The first-order chi connectivity index (χ1) is 19.5. The summed E-state index contributed by atoms with van der Waals surface area (Å²) in [5, 5.41) is 12.4. The van der Waals surface area contributed by atoms with Gasteiger partial charge in [0.1, 0.15) is 0 Å². The molecule has 2 N–H and O–H groups in total. The Labute approximate surface area is 246 Å². The van der Waals surface area contributed by atoms with Crippen LogP contribution in [0.4, 0.5) is 16.2 Å². The van der Waals surface area contributed by atoms with Crippen LogP contribution < -0.4 is 10.2 Å². The van der Waals surface area contributed by atoms with Crippen molar-refractivity contribution in [1.29, 1.82) is 0 Å². The number of hydrogen-bond acceptors (Lipinski definition) is 4. The van der Waals surface area contributed by atoms with Crippen molar-refractivity contribution in [2.75, 3.05) is 42.1 Å². The summed E-state index contributed by atoms with van der Waals surface area (Å²) in [7, 11) is 0. The molecule has 0 aliphatic carbocycles. The van der Waals surface area contributed by atoms with E-state index in [1.807, 2.05) is 47.4 Å². The van der Waals surface area contributed by atoms with Crippen molar-refractivity contribution in [3.63, 3.8) is 0 Å². The van der Waals surface area contributed by atoms with Crippen molar-refractivity contribution >= 4 is 46.7 Å². The second-order valence-corrected chi connectivity index (χ2v) is 11.9. The number of carboxylic acid groups (broad SMARTS) is 1. The van der Waals surface area contributed by atoms with Gasteiger partial charge in [0, 0.05) is 34.3 Å². The van der Waals surface area contributed by atoms with E-state index in [1.165, 1.54) is 23.3 Å². The molecule has 2 amide bonds. The van der Waals surface area contributed by atoms with Crippen molar-refractivity contribution in [2.24, 2.45) is 5.92 Å². The number of nitrogens with zero attached hydrogens (tertiary/aromatic N) is 2. The van der Waals surface area contributed by atoms with Crippen LogP contribution in [0.1, 0.15) is 37.7 Å². The number of benzene rings is 3. The van der Waals surface area contributed by atoms with Crippen LogP contribution in [0.5, 0.6) is 0 Å². The van der Waals surface area contributed by atoms with E-state index >= 15 is 0 Å². The van der Waals surface area contributed by atoms with E-state index < -0.39 is 5.97 Å². The van der Waals surface area contributed by atoms with Crippen LogP contribution in [0.3, 0.4) is 0 Å². The molecule has 1 fully saturated rings. The molecule has 8 heteroatoms. The molecule has 1 aliphatic rings. The Morgan fingerprint density at radius 1 is 0.950 bits per heavy atom. The largest absolute Gasteiger partial charge is 0.481 e. The minimum absolute atomic E-state index is 0.142. The second-order valence-electron chi connectivity index (χ2n) is 10.3. The summed E-state index contributed by atoms with van der Waals surface area (Å²) in [6.45, 7) is 3.79. The van der Waals surface area contributed by atoms with E-state index in [2.05, 4.69) is 34.5 Å². The molecule has 1 heterocycles. The quantitative estimate of drug-likeness (QED) is 0.160. The Morgan fingerprint density at radius 3 is 2.33 bits per heavy atom. The number of likely N-dealkylation sites (tertiary alicyclic amines) is 1. The first kappa shape index (κ1) is 30.0. The van der Waals surface area contributed by atoms with E-state index in [1.54, 1.807) is 23.9 Å². The summed E-state index contributed by atoms with van der Waals surface area (Å²) in [5.41, 5.74) is 2.98. The second kappa shape index (κ2) is 15.7. The molecule has 3 aromatic rings. The van der Waals surface area contributed by atoms with Gasteiger partial charge in [0.25, 0.3) is 0 Å². The fourth-order valence-electron chi connectivity index (χ4n) is 5.02. The fraction of sp³-hybridized carbons (Fsp3) is 0.375. The van der Waals surface area contributed by atoms with E-state index in [0.29, 0.717) is 23.9 Å². The van der Waals surface area contributed by atoms with Crippen molar-refractivity contribution in [3.05, 3.63) is 89.4 Å². The number of para-hydroxylation sites is 1. The van der Waals surface area contributed by atoms with Gasteiger partial charge in [-0.2, -0.15) is 0 Å². The summed E-state index contributed by atoms with van der Waals surface area (Å²) < 4.78 is 0. The van der Waals surface area contributed by atoms with Crippen LogP contribution in [-0.4, -0.2) is 53.9 Å². The van der Waals surface area contributed by atoms with Gasteiger partial charge in [-0.3, -0.25) is 9.69 Å². The number of amides is 2. The lowest BCUT2D eigenvalue weighted by Gasteiger charge is -2.32. The zero-order valence-electron chi connectivity index (χ0n) is 22.8. The molecular formula is C32H38ClN3O3S. The maximum atomic E-state index is 13.2. The van der Waals surface area contributed by atoms with Gasteiger partial charge < -0.3 is 15.3 Å². The number of anilines is 2. The summed E-state index contributed by atoms with van der Waals surface area (Å²) >= 11 is 7.71. The lowest BCUT2D eigenvalue weighted by molar-refractivity contribution is -0.137. The SMILES string of the molecule is O=C(O)CCCSc1ccc(CC2CCN(CCCN(C(=O)Nc3ccc(Cl)cc3)c3ccccc3)CC2)cc1. The average Bonchev–Trinajstić information content (AvgIpc) is 2.97. The molecular weight excluding hydrogens is 542 g/mol. The number of nitrogens with one attached hydrogen (secondary N) is 1. The maximum absolute atomic E-state index is 13.2. The van der Waals surface area contributed by atoms with E-state index in [0.717, 1.165) is 49.6 Å². The summed E-state index contributed by atoms with van der Waals surface area (Å²) in [6.07, 6.45) is 5.30. The normalized spacial score (nSPS) is 14.1. The van der Waals surface area contributed by atoms with E-state index in [4.69, 9.17) is 16.7 Å². The highest BCUT2D eigenvalue weighted by molar-refractivity contribution is 7.99. The van der Waals surface area contributed by atoms with Crippen LogP contribution in [0.2, 0.25) is 5.02 Å². The Balaban J connectivity index is 1.19. The van der Waals surface area contributed by atoms with E-state index in [9.17, 15) is 9.59 Å². The Kier molecular flexibility index (Phi) is 11.8. The highest BCUT2D eigenvalue weighted by Gasteiger charge is 2.21. The fourth-order valence-corrected chi connectivity index (χ4v) is 5.99. The Hall–Kier alpha value is -3.00. The molecule has 0 radical (unpaired) electrons. The molecule has 0 spiro atoms. The Morgan fingerprint density at radius 2 is 1.65 bits per heavy atom. The van der Waals surface area contributed by atoms with Gasteiger partial charge in [0.2, 0.25) is 0 Å². The highest BCUT2D eigenvalue weighted by atomic mass is 35.5. The first-order valence-electron chi connectivity index (χ1n) is 14.0. The summed E-state index contributed by atoms with van der Waals surface area (Å²) in [5.74, 6) is 0.797. The lowest BCUT2D eigenvalue weighted by Crippen LogP contribution is -2.39. The number of urea groups is 1. The smallest absolute Gasteiger partial charge is 0.326 e. The minimum Gasteiger partial charge on any atom is -0.481 e. The number of carbonyl (C=O) groups excluding carboxylic acids is 1. The van der Waals surface area contributed by atoms with Gasteiger partial charge in [-0.25, -0.2) is 4.79 Å². The van der Waals surface area contributed by atoms with Crippen molar-refractivity contribution in [3.8, 4) is 0 Å². The maximum Gasteiger partial charge on any atom is 0.326 e. The number of carboxylic acids is 1. The van der Waals surface area contributed by atoms with Crippen molar-refractivity contribution in [1.82, 2.24) is 4.90 Å². The van der Waals surface area contributed by atoms with Crippen LogP contribution >= 0.6 is 23.4 Å². The number of carbonyl (C=O) groups is 2. The number of piperidine rings is 1. The predicted octanol–water partition coefficient (Wildman–Crippen LogP) is 7.68. The Bertz CT molecular complexity index is 1200. The standard InChI is InChI=1S/C32H38ClN3O3S/c33-27-11-13-28(14-12-27)34-32(39)36(29-6-2-1-3-7-29)20-5-19-35-21-17-26(18-22-35)24-25-9-15-30(16-10-25)40-23-4-8-31(37)38/h1-3,6-7,9-16,26H,4-5,8,17-24H2,(H,34,39)(H,37,38). The molecule has 6 nitrogen and oxygen atoms in total. The van der Waals surface area contributed by atoms with E-state index in [-0.39, 0.29) is 12.5 Å². The molecule has 0 saturated carbocycles. The highest BCUT2D eigenvalue weighted by Crippen LogP contribution is 2.25. The molecule has 0 unspecified atom stereocenters. The van der Waals surface area contributed by atoms with Gasteiger partial charge in [-0.15, -0.1) is 11.8 Å². The monoisotopic (exact) mass is 579 g/mol. The molecule has 0 aromatic heterocycles. The average molecular weight is 580 g/mol. The molecule has 1 saturated heterocycles. The molecule has 0 atom stereocenters. The van der Waals surface area contributed by atoms with Crippen LogP contribution in [-0.2, 0) is 11.2 Å². The molecule has 1 aliphatic heterocycles. The van der Waals surface area contributed by atoms with Gasteiger partial charge in [0.15, 0.2) is 0 Å². The zero-order valence-corrected chi connectivity index (χ0v) is 24.4. The molecule has 212 valence electrons. The van der Waals surface area contributed by atoms with Crippen LogP contribution in [0, 0.1) is 5.92 Å². The van der Waals surface area contributed by atoms with Gasteiger partial charge in [0.05, 0.1) is 0 Å². The van der Waals surface area contributed by atoms with Crippen molar-refractivity contribution < 1.29 is 14.7 Å². The van der Waals surface area contributed by atoms with Gasteiger partial charge >= 0.3 is 12.0 Å². The zero-order chi connectivity index (χ0) is 28.2. The summed E-state index contributed by atoms with van der Waals surface area (Å²) in [6, 6.07) is 25.6. The minimum atomic E-state index is -0.728. The molecule has 40 heavy (non-hydrogen) atoms. The number of thioether (sulfide) groups is 1. The first-order valence-corrected chi connectivity index (χ1v) is 15.4. The molecule has 3 aromatic carbocycles. The molecule has 4 rings (SSSR count). The van der Waals surface area contributed by atoms with Crippen LogP contribution in [0.25, 0.3) is 0 Å².